The normalized spacial score (nSPS) is 10.2. The molecule has 0 saturated carbocycles. The minimum Gasteiger partial charge on any atom is -0.277 e. The Labute approximate surface area is 75.3 Å². The van der Waals surface area contributed by atoms with E-state index in [2.05, 4.69) is 5.10 Å². The summed E-state index contributed by atoms with van der Waals surface area (Å²) in [5.41, 5.74) is 0.928. The fourth-order valence-electron chi connectivity index (χ4n) is 1.25. The van der Waals surface area contributed by atoms with E-state index >= 15 is 0 Å². The van der Waals surface area contributed by atoms with Crippen LogP contribution in [-0.4, -0.2) is 23.3 Å². The van der Waals surface area contributed by atoms with Crippen LogP contribution in [0.1, 0.15) is 0 Å². The molecule has 0 aliphatic heterocycles. The van der Waals surface area contributed by atoms with Crippen LogP contribution in [0.4, 0.5) is 0 Å². The number of nitrogens with zero attached hydrogens (tertiary/aromatic N) is 3. The van der Waals surface area contributed by atoms with E-state index in [4.69, 9.17) is 0 Å². The number of para-hydroxylation sites is 1. The van der Waals surface area contributed by atoms with E-state index in [0.29, 0.717) is 0 Å². The van der Waals surface area contributed by atoms with Gasteiger partial charge in [-0.15, -0.1) is 0 Å². The summed E-state index contributed by atoms with van der Waals surface area (Å²) in [5, 5.41) is 6.49. The number of fused-ring (bicyclic) bond motifs is 1. The Hall–Kier alpha value is -1.84. The molecule has 0 unspecified atom stereocenters. The second kappa shape index (κ2) is 2.90. The molecule has 0 atom stereocenters. The minimum absolute atomic E-state index is 0.722. The number of rotatable bonds is 2. The topological polar surface area (TPSA) is 38.1 Å². The van der Waals surface area contributed by atoms with Crippen LogP contribution in [0.3, 0.4) is 0 Å². The van der Waals surface area contributed by atoms with Crippen LogP contribution in [0.15, 0.2) is 30.5 Å². The van der Waals surface area contributed by atoms with Gasteiger partial charge in [0.05, 0.1) is 11.7 Å². The lowest BCUT2D eigenvalue weighted by atomic mass is 10.3. The maximum atomic E-state index is 10.5. The molecule has 1 heterocycles. The van der Waals surface area contributed by atoms with Crippen molar-refractivity contribution in [2.24, 2.45) is 0 Å². The first-order valence-electron chi connectivity index (χ1n) is 3.94. The summed E-state index contributed by atoms with van der Waals surface area (Å²) >= 11 is 0. The predicted molar refractivity (Wildman–Crippen MR) is 49.9 cm³/mol. The molecule has 0 aliphatic carbocycles. The van der Waals surface area contributed by atoms with Crippen LogP contribution in [0.5, 0.6) is 0 Å². The van der Waals surface area contributed by atoms with Gasteiger partial charge in [-0.25, -0.2) is 5.01 Å². The highest BCUT2D eigenvalue weighted by atomic mass is 16.1. The molecule has 0 saturated heterocycles. The molecular weight excluding hydrogens is 166 g/mol. The molecule has 0 bridgehead atoms. The summed E-state index contributed by atoms with van der Waals surface area (Å²) in [6.45, 7) is 0. The Bertz CT molecular complexity index is 435. The molecule has 2 rings (SSSR count). The molecule has 0 aliphatic rings. The number of aromatic nitrogens is 2. The molecule has 2 aromatic rings. The molecule has 0 N–H and O–H groups in total. The summed E-state index contributed by atoms with van der Waals surface area (Å²) in [6, 6.07) is 7.73. The monoisotopic (exact) mass is 175 g/mol. The van der Waals surface area contributed by atoms with E-state index in [9.17, 15) is 4.79 Å². The first kappa shape index (κ1) is 7.79. The van der Waals surface area contributed by atoms with Gasteiger partial charge in [-0.05, 0) is 6.07 Å². The standard InChI is InChI=1S/C9H9N3O/c1-11(7-13)12-9-5-3-2-4-8(9)6-10-12/h2-7H,1H3. The van der Waals surface area contributed by atoms with E-state index in [1.54, 1.807) is 18.0 Å². The number of hydrogen-bond acceptors (Lipinski definition) is 2. The van der Waals surface area contributed by atoms with Crippen molar-refractivity contribution < 1.29 is 4.79 Å². The molecule has 0 spiro atoms. The van der Waals surface area contributed by atoms with Crippen LogP contribution >= 0.6 is 0 Å². The molecule has 1 aromatic heterocycles. The average Bonchev–Trinajstić information content (AvgIpc) is 2.60. The summed E-state index contributed by atoms with van der Waals surface area (Å²) in [6.07, 6.45) is 2.45. The lowest BCUT2D eigenvalue weighted by molar-refractivity contribution is -0.108. The van der Waals surface area contributed by atoms with Crippen molar-refractivity contribution in [3.63, 3.8) is 0 Å². The van der Waals surface area contributed by atoms with E-state index in [1.165, 1.54) is 5.01 Å². The van der Waals surface area contributed by atoms with E-state index in [1.807, 2.05) is 24.3 Å². The van der Waals surface area contributed by atoms with Crippen molar-refractivity contribution in [1.29, 1.82) is 0 Å². The van der Waals surface area contributed by atoms with Crippen molar-refractivity contribution in [3.8, 4) is 0 Å². The minimum atomic E-state index is 0.722. The van der Waals surface area contributed by atoms with E-state index in [0.717, 1.165) is 17.3 Å². The van der Waals surface area contributed by atoms with Gasteiger partial charge in [-0.2, -0.15) is 9.89 Å². The lowest BCUT2D eigenvalue weighted by Gasteiger charge is -2.10. The van der Waals surface area contributed by atoms with Crippen LogP contribution in [0, 0.1) is 0 Å². The van der Waals surface area contributed by atoms with Gasteiger partial charge in [0.2, 0.25) is 6.41 Å². The van der Waals surface area contributed by atoms with Gasteiger partial charge in [0, 0.05) is 12.4 Å². The van der Waals surface area contributed by atoms with Crippen molar-refractivity contribution in [2.75, 3.05) is 12.1 Å². The zero-order chi connectivity index (χ0) is 9.26. The van der Waals surface area contributed by atoms with Gasteiger partial charge in [-0.1, -0.05) is 18.2 Å². The van der Waals surface area contributed by atoms with Crippen molar-refractivity contribution in [1.82, 2.24) is 9.89 Å². The van der Waals surface area contributed by atoms with Gasteiger partial charge in [-0.3, -0.25) is 4.79 Å². The van der Waals surface area contributed by atoms with E-state index in [-0.39, 0.29) is 0 Å². The smallest absolute Gasteiger partial charge is 0.229 e. The Kier molecular flexibility index (Phi) is 1.73. The highest BCUT2D eigenvalue weighted by molar-refractivity contribution is 5.80. The first-order chi connectivity index (χ1) is 6.33. The van der Waals surface area contributed by atoms with Gasteiger partial charge in [0.25, 0.3) is 0 Å². The SMILES string of the molecule is CN(C=O)n1ncc2ccccc21. The Morgan fingerprint density at radius 3 is 3.00 bits per heavy atom. The summed E-state index contributed by atoms with van der Waals surface area (Å²) in [5.74, 6) is 0. The van der Waals surface area contributed by atoms with Crippen molar-refractivity contribution >= 4 is 17.3 Å². The molecule has 0 radical (unpaired) electrons. The largest absolute Gasteiger partial charge is 0.277 e. The van der Waals surface area contributed by atoms with E-state index < -0.39 is 0 Å². The first-order valence-corrected chi connectivity index (χ1v) is 3.94. The number of carbonyl (C=O) groups is 1. The lowest BCUT2D eigenvalue weighted by Crippen LogP contribution is -2.28. The molecule has 1 aromatic carbocycles. The third kappa shape index (κ3) is 1.16. The number of carbonyl (C=O) groups excluding carboxylic acids is 1. The predicted octanol–water partition coefficient (Wildman–Crippen LogP) is 0.760. The Balaban J connectivity index is 2.64. The number of amides is 1. The number of benzene rings is 1. The van der Waals surface area contributed by atoms with Gasteiger partial charge in [0.1, 0.15) is 0 Å². The molecule has 66 valence electrons. The highest BCUT2D eigenvalue weighted by Crippen LogP contribution is 2.11. The molecule has 13 heavy (non-hydrogen) atoms. The maximum Gasteiger partial charge on any atom is 0.229 e. The maximum absolute atomic E-state index is 10.5. The summed E-state index contributed by atoms with van der Waals surface area (Å²) in [4.78, 5) is 12.1. The fourth-order valence-corrected chi connectivity index (χ4v) is 1.25. The second-order valence-corrected chi connectivity index (χ2v) is 2.77. The molecule has 4 nitrogen and oxygen atoms in total. The van der Waals surface area contributed by atoms with Crippen LogP contribution < -0.4 is 5.01 Å². The Morgan fingerprint density at radius 2 is 2.23 bits per heavy atom. The van der Waals surface area contributed by atoms with Gasteiger partial charge < -0.3 is 0 Å². The van der Waals surface area contributed by atoms with Gasteiger partial charge >= 0.3 is 0 Å². The summed E-state index contributed by atoms with van der Waals surface area (Å²) in [7, 11) is 1.66. The third-order valence-corrected chi connectivity index (χ3v) is 1.91. The zero-order valence-electron chi connectivity index (χ0n) is 7.21. The third-order valence-electron chi connectivity index (χ3n) is 1.91. The van der Waals surface area contributed by atoms with Crippen LogP contribution in [0.25, 0.3) is 10.9 Å². The van der Waals surface area contributed by atoms with Crippen LogP contribution in [0.2, 0.25) is 0 Å². The highest BCUT2D eigenvalue weighted by Gasteiger charge is 2.03. The molecular formula is C9H9N3O. The second-order valence-electron chi connectivity index (χ2n) is 2.77. The molecule has 4 heteroatoms. The average molecular weight is 175 g/mol. The zero-order valence-corrected chi connectivity index (χ0v) is 7.21. The number of hydrogen-bond donors (Lipinski definition) is 0. The molecule has 1 amide bonds. The van der Waals surface area contributed by atoms with Crippen LogP contribution in [-0.2, 0) is 4.79 Å². The van der Waals surface area contributed by atoms with Crippen molar-refractivity contribution in [2.45, 2.75) is 0 Å². The van der Waals surface area contributed by atoms with Crippen molar-refractivity contribution in [3.05, 3.63) is 30.5 Å². The van der Waals surface area contributed by atoms with Gasteiger partial charge in [0.15, 0.2) is 0 Å². The summed E-state index contributed by atoms with van der Waals surface area (Å²) < 4.78 is 0. The Morgan fingerprint density at radius 1 is 1.46 bits per heavy atom. The molecule has 0 fully saturated rings. The quantitative estimate of drug-likeness (QED) is 0.632. The fraction of sp³-hybridized carbons (Fsp3) is 0.111.